The third-order valence-electron chi connectivity index (χ3n) is 2.77. The molecule has 0 radical (unpaired) electrons. The van der Waals surface area contributed by atoms with Crippen molar-refractivity contribution in [1.82, 2.24) is 0 Å². The van der Waals surface area contributed by atoms with Crippen molar-refractivity contribution in [2.45, 2.75) is 18.5 Å². The lowest BCUT2D eigenvalue weighted by Crippen LogP contribution is -2.22. The Kier molecular flexibility index (Phi) is 3.56. The minimum atomic E-state index is -5.26. The van der Waals surface area contributed by atoms with Gasteiger partial charge in [-0.25, -0.2) is 0 Å². The van der Waals surface area contributed by atoms with E-state index in [2.05, 4.69) is 4.42 Å². The minimum Gasteiger partial charge on any atom is -0.497 e. The molecule has 2 rings (SSSR count). The molecular formula is C12H8F6O3. The predicted molar refractivity (Wildman–Crippen MR) is 58.8 cm³/mol. The first-order chi connectivity index (χ1) is 9.55. The highest BCUT2D eigenvalue weighted by atomic mass is 19.4. The van der Waals surface area contributed by atoms with Gasteiger partial charge in [-0.3, -0.25) is 0 Å². The monoisotopic (exact) mass is 314 g/mol. The summed E-state index contributed by atoms with van der Waals surface area (Å²) in [5, 5.41) is 8.72. The molecule has 0 bridgehead atoms. The summed E-state index contributed by atoms with van der Waals surface area (Å²) in [5.41, 5.74) is -1.80. The minimum absolute atomic E-state index is 0.0349. The van der Waals surface area contributed by atoms with Crippen molar-refractivity contribution in [2.75, 3.05) is 7.11 Å². The van der Waals surface area contributed by atoms with Crippen LogP contribution in [0.2, 0.25) is 0 Å². The van der Waals surface area contributed by atoms with Crippen molar-refractivity contribution in [2.24, 2.45) is 0 Å². The van der Waals surface area contributed by atoms with Crippen LogP contribution >= 0.6 is 0 Å². The number of fused-ring (bicyclic) bond motifs is 1. The predicted octanol–water partition coefficient (Wildman–Crippen LogP) is 4.06. The van der Waals surface area contributed by atoms with Crippen molar-refractivity contribution in [3.05, 3.63) is 29.5 Å². The van der Waals surface area contributed by atoms with E-state index in [4.69, 9.17) is 4.74 Å². The van der Waals surface area contributed by atoms with E-state index < -0.39 is 40.7 Å². The Morgan fingerprint density at radius 1 is 1.14 bits per heavy atom. The van der Waals surface area contributed by atoms with Crippen LogP contribution in [-0.2, 0) is 6.18 Å². The lowest BCUT2D eigenvalue weighted by atomic mass is 10.0. The molecule has 1 heterocycles. The number of aliphatic hydroxyl groups excluding tert-OH is 1. The van der Waals surface area contributed by atoms with Crippen molar-refractivity contribution in [3.8, 4) is 5.75 Å². The van der Waals surface area contributed by atoms with Gasteiger partial charge in [0.05, 0.1) is 7.11 Å². The second kappa shape index (κ2) is 4.83. The van der Waals surface area contributed by atoms with Crippen molar-refractivity contribution < 1.29 is 40.6 Å². The fraction of sp³-hybridized carbons (Fsp3) is 0.333. The number of ether oxygens (including phenoxy) is 1. The molecule has 0 saturated heterocycles. The van der Waals surface area contributed by atoms with Gasteiger partial charge in [0.15, 0.2) is 6.10 Å². The molecule has 21 heavy (non-hydrogen) atoms. The van der Waals surface area contributed by atoms with Gasteiger partial charge in [0.2, 0.25) is 5.76 Å². The number of rotatable bonds is 2. The topological polar surface area (TPSA) is 42.6 Å². The Morgan fingerprint density at radius 2 is 1.76 bits per heavy atom. The van der Waals surface area contributed by atoms with Crippen LogP contribution in [0.15, 0.2) is 22.6 Å². The number of halogens is 6. The molecule has 1 aromatic carbocycles. The lowest BCUT2D eigenvalue weighted by molar-refractivity contribution is -0.210. The van der Waals surface area contributed by atoms with Gasteiger partial charge in [-0.05, 0) is 18.2 Å². The molecule has 0 aliphatic heterocycles. The van der Waals surface area contributed by atoms with Gasteiger partial charge in [0.25, 0.3) is 0 Å². The average Bonchev–Trinajstić information content (AvgIpc) is 2.74. The van der Waals surface area contributed by atoms with Crippen LogP contribution in [0.5, 0.6) is 5.75 Å². The summed E-state index contributed by atoms with van der Waals surface area (Å²) < 4.78 is 85.4. The average molecular weight is 314 g/mol. The molecule has 0 unspecified atom stereocenters. The number of furan rings is 1. The molecule has 0 aliphatic rings. The smallest absolute Gasteiger partial charge is 0.449 e. The maximum atomic E-state index is 12.8. The number of hydrogen-bond donors (Lipinski definition) is 1. The van der Waals surface area contributed by atoms with E-state index in [1.165, 1.54) is 13.2 Å². The fourth-order valence-corrected chi connectivity index (χ4v) is 1.87. The van der Waals surface area contributed by atoms with Crippen molar-refractivity contribution in [3.63, 3.8) is 0 Å². The molecule has 3 nitrogen and oxygen atoms in total. The van der Waals surface area contributed by atoms with Gasteiger partial charge in [-0.1, -0.05) is 0 Å². The summed E-state index contributed by atoms with van der Waals surface area (Å²) in [6.45, 7) is 0. The molecule has 0 aliphatic carbocycles. The zero-order valence-corrected chi connectivity index (χ0v) is 10.3. The van der Waals surface area contributed by atoms with Gasteiger partial charge in [0.1, 0.15) is 11.3 Å². The third-order valence-corrected chi connectivity index (χ3v) is 2.77. The molecule has 0 fully saturated rings. The number of alkyl halides is 6. The molecule has 1 aromatic heterocycles. The highest BCUT2D eigenvalue weighted by Gasteiger charge is 2.48. The van der Waals surface area contributed by atoms with E-state index >= 15 is 0 Å². The first kappa shape index (κ1) is 15.5. The number of aliphatic hydroxyl groups is 1. The van der Waals surface area contributed by atoms with E-state index in [1.807, 2.05) is 0 Å². The molecule has 0 saturated carbocycles. The van der Waals surface area contributed by atoms with Crippen molar-refractivity contribution in [1.29, 1.82) is 0 Å². The standard InChI is InChI=1S/C12H8F6O3/c1-20-5-2-3-7-6(4-5)8(9(19)11(13,14)15)10(21-7)12(16,17)18/h2-4,9,19H,1H3/t9-/m0/s1. The molecule has 0 spiro atoms. The quantitative estimate of drug-likeness (QED) is 0.850. The third kappa shape index (κ3) is 2.78. The SMILES string of the molecule is COc1ccc2oc(C(F)(F)F)c([C@H](O)C(F)(F)F)c2c1. The van der Waals surface area contributed by atoms with Gasteiger partial charge in [-0.15, -0.1) is 0 Å². The van der Waals surface area contributed by atoms with Gasteiger partial charge >= 0.3 is 12.4 Å². The highest BCUT2D eigenvalue weighted by molar-refractivity contribution is 5.84. The Bertz CT molecular complexity index is 655. The molecule has 0 amide bonds. The van der Waals surface area contributed by atoms with E-state index in [-0.39, 0.29) is 5.75 Å². The zero-order chi connectivity index (χ0) is 16.0. The second-order valence-corrected chi connectivity index (χ2v) is 4.15. The summed E-state index contributed by atoms with van der Waals surface area (Å²) in [5.74, 6) is -1.84. The van der Waals surface area contributed by atoms with Crippen LogP contribution in [0.3, 0.4) is 0 Å². The van der Waals surface area contributed by atoms with Crippen LogP contribution < -0.4 is 4.74 Å². The maximum Gasteiger partial charge on any atom is 0.449 e. The van der Waals surface area contributed by atoms with Crippen LogP contribution in [-0.4, -0.2) is 18.4 Å². The zero-order valence-electron chi connectivity index (χ0n) is 10.3. The number of methoxy groups -OCH3 is 1. The molecule has 2 aromatic rings. The highest BCUT2D eigenvalue weighted by Crippen LogP contribution is 2.45. The fourth-order valence-electron chi connectivity index (χ4n) is 1.87. The summed E-state index contributed by atoms with van der Waals surface area (Å²) in [6, 6.07) is 3.21. The Balaban J connectivity index is 2.78. The lowest BCUT2D eigenvalue weighted by Gasteiger charge is -2.16. The molecule has 9 heteroatoms. The molecular weight excluding hydrogens is 306 g/mol. The largest absolute Gasteiger partial charge is 0.497 e. The molecule has 1 atom stereocenters. The summed E-state index contributed by atoms with van der Waals surface area (Å²) in [4.78, 5) is 0. The maximum absolute atomic E-state index is 12.8. The van der Waals surface area contributed by atoms with E-state index in [0.29, 0.717) is 0 Å². The van der Waals surface area contributed by atoms with Crippen LogP contribution in [0.1, 0.15) is 17.4 Å². The van der Waals surface area contributed by atoms with E-state index in [1.54, 1.807) is 0 Å². The first-order valence-electron chi connectivity index (χ1n) is 5.48. The van der Waals surface area contributed by atoms with E-state index in [9.17, 15) is 31.4 Å². The van der Waals surface area contributed by atoms with Crippen LogP contribution in [0.25, 0.3) is 11.0 Å². The first-order valence-corrected chi connectivity index (χ1v) is 5.48. The van der Waals surface area contributed by atoms with Crippen molar-refractivity contribution >= 4 is 11.0 Å². The summed E-state index contributed by atoms with van der Waals surface area (Å²) >= 11 is 0. The molecule has 116 valence electrons. The molecule has 1 N–H and O–H groups in total. The van der Waals surface area contributed by atoms with Crippen LogP contribution in [0, 0.1) is 0 Å². The van der Waals surface area contributed by atoms with E-state index in [0.717, 1.165) is 12.1 Å². The summed E-state index contributed by atoms with van der Waals surface area (Å²) in [6.07, 6.45) is -13.8. The number of benzene rings is 1. The Hall–Kier alpha value is -1.90. The second-order valence-electron chi connectivity index (χ2n) is 4.15. The Morgan fingerprint density at radius 3 is 2.24 bits per heavy atom. The summed E-state index contributed by atoms with van der Waals surface area (Å²) in [7, 11) is 1.20. The van der Waals surface area contributed by atoms with Gasteiger partial charge in [-0.2, -0.15) is 26.3 Å². The Labute approximate surface area is 113 Å². The van der Waals surface area contributed by atoms with Gasteiger partial charge < -0.3 is 14.3 Å². The van der Waals surface area contributed by atoms with Gasteiger partial charge in [0, 0.05) is 10.9 Å². The number of hydrogen-bond acceptors (Lipinski definition) is 3. The van der Waals surface area contributed by atoms with Crippen LogP contribution in [0.4, 0.5) is 26.3 Å². The normalized spacial score (nSPS) is 14.5.